The van der Waals surface area contributed by atoms with Crippen LogP contribution in [-0.4, -0.2) is 61.3 Å². The Morgan fingerprint density at radius 3 is 2.60 bits per heavy atom. The van der Waals surface area contributed by atoms with Crippen molar-refractivity contribution in [3.8, 4) is 0 Å². The molecule has 30 heavy (non-hydrogen) atoms. The minimum atomic E-state index is -3.07. The maximum absolute atomic E-state index is 14.5. The Hall–Kier alpha value is -1.18. The highest BCUT2D eigenvalue weighted by Gasteiger charge is 2.36. The maximum atomic E-state index is 14.5. The van der Waals surface area contributed by atoms with Crippen molar-refractivity contribution in [1.29, 1.82) is 0 Å². The van der Waals surface area contributed by atoms with Crippen molar-refractivity contribution in [2.45, 2.75) is 58.2 Å². The quantitative estimate of drug-likeness (QED) is 0.651. The molecule has 1 aliphatic carbocycles. The predicted molar refractivity (Wildman–Crippen MR) is 118 cm³/mol. The summed E-state index contributed by atoms with van der Waals surface area (Å²) in [5, 5.41) is 0.360. The summed E-state index contributed by atoms with van der Waals surface area (Å²) in [5.74, 6) is 0.540. The number of rotatable bonds is 6. The van der Waals surface area contributed by atoms with Crippen molar-refractivity contribution in [2.75, 3.05) is 25.1 Å². The summed E-state index contributed by atoms with van der Waals surface area (Å²) in [6, 6.07) is 4.50. The molecule has 1 saturated heterocycles. The molecule has 1 saturated carbocycles. The van der Waals surface area contributed by atoms with Crippen LogP contribution in [0.3, 0.4) is 0 Å². The SMILES string of the molecule is C[C@@H]1[C@H](C)CCC[C@@H]1N(CC(=O)N(C)[C@@H]1CCS(=O)(=O)C1)Cc1c(F)cccc1Cl. The van der Waals surface area contributed by atoms with Crippen molar-refractivity contribution in [1.82, 2.24) is 9.80 Å². The van der Waals surface area contributed by atoms with Crippen molar-refractivity contribution in [3.63, 3.8) is 0 Å². The third-order valence-electron chi connectivity index (χ3n) is 7.04. The molecule has 1 amide bonds. The van der Waals surface area contributed by atoms with Crippen molar-refractivity contribution >= 4 is 27.3 Å². The average Bonchev–Trinajstić information content (AvgIpc) is 3.05. The summed E-state index contributed by atoms with van der Waals surface area (Å²) in [7, 11) is -1.40. The molecule has 2 aliphatic rings. The van der Waals surface area contributed by atoms with Crippen LogP contribution in [0.2, 0.25) is 5.02 Å². The standard InChI is InChI=1S/C22H32ClFN2O3S/c1-15-6-4-9-21(16(15)2)26(12-18-19(23)7-5-8-20(18)24)13-22(27)25(3)17-10-11-30(28,29)14-17/h5,7-8,15-17,21H,4,6,9-14H2,1-3H3/t15-,16-,17-,21+/m1/s1. The lowest BCUT2D eigenvalue weighted by atomic mass is 9.77. The lowest BCUT2D eigenvalue weighted by molar-refractivity contribution is -0.134. The number of hydrogen-bond acceptors (Lipinski definition) is 4. The van der Waals surface area contributed by atoms with E-state index in [1.54, 1.807) is 24.1 Å². The monoisotopic (exact) mass is 458 g/mol. The van der Waals surface area contributed by atoms with Gasteiger partial charge in [-0.05, 0) is 36.8 Å². The van der Waals surface area contributed by atoms with E-state index in [0.717, 1.165) is 19.3 Å². The first-order valence-corrected chi connectivity index (χ1v) is 12.9. The fourth-order valence-corrected chi connectivity index (χ4v) is 6.81. The van der Waals surface area contributed by atoms with Gasteiger partial charge in [0.15, 0.2) is 9.84 Å². The molecule has 2 fully saturated rings. The number of amides is 1. The van der Waals surface area contributed by atoms with Crippen molar-refractivity contribution < 1.29 is 17.6 Å². The Labute approximate surface area is 184 Å². The van der Waals surface area contributed by atoms with E-state index in [-0.39, 0.29) is 48.4 Å². The first-order chi connectivity index (χ1) is 14.1. The third kappa shape index (κ3) is 5.35. The van der Waals surface area contributed by atoms with Gasteiger partial charge in [-0.3, -0.25) is 9.69 Å². The predicted octanol–water partition coefficient (Wildman–Crippen LogP) is 3.75. The van der Waals surface area contributed by atoms with Crippen LogP contribution in [-0.2, 0) is 21.2 Å². The molecule has 0 unspecified atom stereocenters. The topological polar surface area (TPSA) is 57.7 Å². The Kier molecular flexibility index (Phi) is 7.46. The van der Waals surface area contributed by atoms with Crippen LogP contribution >= 0.6 is 11.6 Å². The largest absolute Gasteiger partial charge is 0.341 e. The van der Waals surface area contributed by atoms with Gasteiger partial charge in [0.05, 0.1) is 18.1 Å². The number of nitrogens with zero attached hydrogens (tertiary/aromatic N) is 2. The summed E-state index contributed by atoms with van der Waals surface area (Å²) in [6.07, 6.45) is 3.65. The fourth-order valence-electron chi connectivity index (χ4n) is 4.82. The Morgan fingerprint density at radius 1 is 1.23 bits per heavy atom. The highest BCUT2D eigenvalue weighted by molar-refractivity contribution is 7.91. The van der Waals surface area contributed by atoms with Crippen LogP contribution in [0.4, 0.5) is 4.39 Å². The van der Waals surface area contributed by atoms with Crippen LogP contribution in [0.5, 0.6) is 0 Å². The van der Waals surface area contributed by atoms with E-state index in [1.165, 1.54) is 6.07 Å². The van der Waals surface area contributed by atoms with Gasteiger partial charge in [0, 0.05) is 36.3 Å². The third-order valence-corrected chi connectivity index (χ3v) is 9.15. The number of hydrogen-bond donors (Lipinski definition) is 0. The fraction of sp³-hybridized carbons (Fsp3) is 0.682. The van der Waals surface area contributed by atoms with Gasteiger partial charge >= 0.3 is 0 Å². The lowest BCUT2D eigenvalue weighted by Crippen LogP contribution is -2.50. The minimum Gasteiger partial charge on any atom is -0.341 e. The second kappa shape index (κ2) is 9.53. The molecule has 1 aromatic rings. The molecule has 5 nitrogen and oxygen atoms in total. The molecule has 0 bridgehead atoms. The van der Waals surface area contributed by atoms with Gasteiger partial charge in [0.2, 0.25) is 5.91 Å². The summed E-state index contributed by atoms with van der Waals surface area (Å²) >= 11 is 6.28. The highest BCUT2D eigenvalue weighted by Crippen LogP contribution is 2.34. The Balaban J connectivity index is 1.81. The zero-order chi connectivity index (χ0) is 22.1. The van der Waals surface area contributed by atoms with Crippen LogP contribution in [0.25, 0.3) is 0 Å². The van der Waals surface area contributed by atoms with Gasteiger partial charge < -0.3 is 4.90 Å². The second-order valence-electron chi connectivity index (χ2n) is 9.00. The van der Waals surface area contributed by atoms with Crippen LogP contribution in [0.1, 0.15) is 45.1 Å². The van der Waals surface area contributed by atoms with Gasteiger partial charge in [0.25, 0.3) is 0 Å². The lowest BCUT2D eigenvalue weighted by Gasteiger charge is -2.42. The van der Waals surface area contributed by atoms with E-state index < -0.39 is 9.84 Å². The molecule has 8 heteroatoms. The minimum absolute atomic E-state index is 0.0191. The molecular formula is C22H32ClFN2O3S. The molecule has 3 rings (SSSR count). The molecule has 1 heterocycles. The molecule has 168 valence electrons. The Morgan fingerprint density at radius 2 is 1.97 bits per heavy atom. The smallest absolute Gasteiger partial charge is 0.236 e. The first kappa shape index (κ1) is 23.5. The van der Waals surface area contributed by atoms with Crippen LogP contribution in [0, 0.1) is 17.7 Å². The number of halogens is 2. The number of carbonyl (C=O) groups excluding carboxylic acids is 1. The molecule has 0 radical (unpaired) electrons. The Bertz CT molecular complexity index is 859. The molecule has 0 N–H and O–H groups in total. The van der Waals surface area contributed by atoms with Gasteiger partial charge in [0.1, 0.15) is 5.82 Å². The van der Waals surface area contributed by atoms with Crippen molar-refractivity contribution in [3.05, 3.63) is 34.6 Å². The van der Waals surface area contributed by atoms with Gasteiger partial charge in [-0.1, -0.05) is 44.4 Å². The summed E-state index contributed by atoms with van der Waals surface area (Å²) in [4.78, 5) is 16.7. The molecular weight excluding hydrogens is 427 g/mol. The molecule has 1 aliphatic heterocycles. The van der Waals surface area contributed by atoms with E-state index >= 15 is 0 Å². The maximum Gasteiger partial charge on any atom is 0.236 e. The zero-order valence-electron chi connectivity index (χ0n) is 18.0. The van der Waals surface area contributed by atoms with Crippen LogP contribution < -0.4 is 0 Å². The molecule has 0 spiro atoms. The number of likely N-dealkylation sites (N-methyl/N-ethyl adjacent to an activating group) is 1. The van der Waals surface area contributed by atoms with E-state index in [4.69, 9.17) is 11.6 Å². The van der Waals surface area contributed by atoms with Gasteiger partial charge in [-0.2, -0.15) is 0 Å². The summed E-state index contributed by atoms with van der Waals surface area (Å²) < 4.78 is 38.2. The second-order valence-corrected chi connectivity index (χ2v) is 11.6. The van der Waals surface area contributed by atoms with E-state index in [0.29, 0.717) is 28.8 Å². The van der Waals surface area contributed by atoms with E-state index in [1.807, 2.05) is 4.90 Å². The highest BCUT2D eigenvalue weighted by atomic mass is 35.5. The van der Waals surface area contributed by atoms with Gasteiger partial charge in [-0.25, -0.2) is 12.8 Å². The first-order valence-electron chi connectivity index (χ1n) is 10.7. The number of benzene rings is 1. The number of carbonyl (C=O) groups is 1. The van der Waals surface area contributed by atoms with E-state index in [2.05, 4.69) is 13.8 Å². The van der Waals surface area contributed by atoms with Crippen molar-refractivity contribution in [2.24, 2.45) is 11.8 Å². The van der Waals surface area contributed by atoms with Crippen LogP contribution in [0.15, 0.2) is 18.2 Å². The zero-order valence-corrected chi connectivity index (χ0v) is 19.6. The van der Waals surface area contributed by atoms with E-state index in [9.17, 15) is 17.6 Å². The van der Waals surface area contributed by atoms with Gasteiger partial charge in [-0.15, -0.1) is 0 Å². The number of sulfone groups is 1. The summed E-state index contributed by atoms with van der Waals surface area (Å²) in [5.41, 5.74) is 0.406. The molecule has 0 aromatic heterocycles. The summed E-state index contributed by atoms with van der Waals surface area (Å²) in [6.45, 7) is 4.81. The normalized spacial score (nSPS) is 28.6. The molecule has 4 atom stereocenters. The molecule has 1 aromatic carbocycles. The average molecular weight is 459 g/mol.